The van der Waals surface area contributed by atoms with Crippen LogP contribution in [0.25, 0.3) is 6.08 Å². The molecule has 2 aromatic carbocycles. The lowest BCUT2D eigenvalue weighted by Crippen LogP contribution is -2.13. The quantitative estimate of drug-likeness (QED) is 0.409. The van der Waals surface area contributed by atoms with Gasteiger partial charge in [-0.05, 0) is 43.2 Å². The maximum atomic E-state index is 12.4. The van der Waals surface area contributed by atoms with Gasteiger partial charge >= 0.3 is 0 Å². The number of carbonyl (C=O) groups excluding carboxylic acids is 1. The number of rotatable bonds is 7. The van der Waals surface area contributed by atoms with E-state index in [1.807, 2.05) is 37.3 Å². The van der Waals surface area contributed by atoms with Crippen LogP contribution < -0.4 is 14.8 Å². The second kappa shape index (κ2) is 9.83. The number of hydrogen-bond acceptors (Lipinski definition) is 6. The van der Waals surface area contributed by atoms with E-state index in [4.69, 9.17) is 25.6 Å². The highest BCUT2D eigenvalue weighted by Crippen LogP contribution is 2.37. The molecule has 0 bridgehead atoms. The lowest BCUT2D eigenvalue weighted by Gasteiger charge is -2.14. The topological polar surface area (TPSA) is 97.4 Å². The van der Waals surface area contributed by atoms with Crippen LogP contribution in [0.1, 0.15) is 22.5 Å². The fourth-order valence-electron chi connectivity index (χ4n) is 2.84. The van der Waals surface area contributed by atoms with Crippen molar-refractivity contribution in [3.8, 4) is 17.6 Å². The van der Waals surface area contributed by atoms with Gasteiger partial charge in [-0.2, -0.15) is 5.26 Å². The summed E-state index contributed by atoms with van der Waals surface area (Å²) >= 11 is 6.41. The molecule has 1 amide bonds. The van der Waals surface area contributed by atoms with Gasteiger partial charge < -0.3 is 19.3 Å². The van der Waals surface area contributed by atoms with E-state index in [2.05, 4.69) is 10.5 Å². The number of anilines is 1. The molecule has 1 heterocycles. The summed E-state index contributed by atoms with van der Waals surface area (Å²) < 4.78 is 16.2. The van der Waals surface area contributed by atoms with Crippen LogP contribution in [0.15, 0.2) is 52.6 Å². The summed E-state index contributed by atoms with van der Waals surface area (Å²) in [6.07, 6.45) is 1.40. The van der Waals surface area contributed by atoms with Gasteiger partial charge in [0.2, 0.25) is 0 Å². The molecule has 0 aliphatic heterocycles. The summed E-state index contributed by atoms with van der Waals surface area (Å²) in [5.74, 6) is 0.903. The average Bonchev–Trinajstić information content (AvgIpc) is 3.15. The van der Waals surface area contributed by atoms with Crippen LogP contribution >= 0.6 is 11.6 Å². The van der Waals surface area contributed by atoms with Gasteiger partial charge in [-0.15, -0.1) is 0 Å². The Labute approximate surface area is 184 Å². The third-order valence-electron chi connectivity index (χ3n) is 4.26. The molecule has 0 unspecified atom stereocenters. The fraction of sp³-hybridized carbons (Fsp3) is 0.174. The number of ether oxygens (including phenoxy) is 2. The van der Waals surface area contributed by atoms with E-state index < -0.39 is 5.91 Å². The maximum Gasteiger partial charge on any atom is 0.267 e. The Morgan fingerprint density at radius 3 is 2.74 bits per heavy atom. The second-order valence-electron chi connectivity index (χ2n) is 6.76. The lowest BCUT2D eigenvalue weighted by atomic mass is 10.1. The van der Waals surface area contributed by atoms with Gasteiger partial charge in [0.1, 0.15) is 24.0 Å². The predicted octanol–water partition coefficient (Wildman–Crippen LogP) is 5.08. The number of aromatic nitrogens is 1. The van der Waals surface area contributed by atoms with Gasteiger partial charge in [-0.25, -0.2) is 0 Å². The lowest BCUT2D eigenvalue weighted by molar-refractivity contribution is -0.112. The van der Waals surface area contributed by atoms with Crippen molar-refractivity contribution in [1.82, 2.24) is 5.16 Å². The molecule has 8 heteroatoms. The molecule has 31 heavy (non-hydrogen) atoms. The summed E-state index contributed by atoms with van der Waals surface area (Å²) in [5.41, 5.74) is 2.50. The number of carbonyl (C=O) groups is 1. The number of aryl methyl sites for hydroxylation is 2. The Bertz CT molecular complexity index is 1180. The maximum absolute atomic E-state index is 12.4. The normalized spacial score (nSPS) is 11.0. The molecule has 158 valence electrons. The highest BCUT2D eigenvalue weighted by Gasteiger charge is 2.15. The van der Waals surface area contributed by atoms with Crippen LogP contribution in [0.5, 0.6) is 11.5 Å². The molecule has 7 nitrogen and oxygen atoms in total. The summed E-state index contributed by atoms with van der Waals surface area (Å²) in [6, 6.07) is 14.6. The van der Waals surface area contributed by atoms with Gasteiger partial charge in [0, 0.05) is 6.07 Å². The molecule has 0 aliphatic rings. The van der Waals surface area contributed by atoms with E-state index in [1.54, 1.807) is 25.1 Å². The first-order valence-electron chi connectivity index (χ1n) is 9.32. The van der Waals surface area contributed by atoms with E-state index in [1.165, 1.54) is 13.2 Å². The van der Waals surface area contributed by atoms with Crippen LogP contribution in [0.4, 0.5) is 5.82 Å². The molecular formula is C23H20ClN3O4. The van der Waals surface area contributed by atoms with E-state index in [-0.39, 0.29) is 11.4 Å². The Morgan fingerprint density at radius 2 is 2.10 bits per heavy atom. The number of hydrogen-bond donors (Lipinski definition) is 1. The first-order chi connectivity index (χ1) is 14.9. The van der Waals surface area contributed by atoms with Crippen molar-refractivity contribution in [3.05, 3.63) is 75.5 Å². The zero-order chi connectivity index (χ0) is 22.4. The largest absolute Gasteiger partial charge is 0.493 e. The van der Waals surface area contributed by atoms with Crippen LogP contribution in [0, 0.1) is 25.2 Å². The molecule has 1 N–H and O–H groups in total. The van der Waals surface area contributed by atoms with E-state index in [9.17, 15) is 10.1 Å². The van der Waals surface area contributed by atoms with Crippen molar-refractivity contribution in [1.29, 1.82) is 5.26 Å². The van der Waals surface area contributed by atoms with Crippen LogP contribution in [0.2, 0.25) is 5.02 Å². The first-order valence-corrected chi connectivity index (χ1v) is 9.69. The number of nitrogens with one attached hydrogen (secondary N) is 1. The molecule has 3 aromatic rings. The summed E-state index contributed by atoms with van der Waals surface area (Å²) in [4.78, 5) is 12.4. The zero-order valence-electron chi connectivity index (χ0n) is 17.2. The number of nitriles is 1. The third-order valence-corrected chi connectivity index (χ3v) is 4.54. The van der Waals surface area contributed by atoms with Gasteiger partial charge in [0.25, 0.3) is 5.91 Å². The number of methoxy groups -OCH3 is 1. The van der Waals surface area contributed by atoms with Crippen LogP contribution in [-0.2, 0) is 11.4 Å². The van der Waals surface area contributed by atoms with E-state index in [0.717, 1.165) is 11.1 Å². The molecule has 1 aromatic heterocycles. The van der Waals surface area contributed by atoms with Gasteiger partial charge in [-0.3, -0.25) is 4.79 Å². The van der Waals surface area contributed by atoms with E-state index >= 15 is 0 Å². The molecule has 0 spiro atoms. The minimum Gasteiger partial charge on any atom is -0.493 e. The summed E-state index contributed by atoms with van der Waals surface area (Å²) in [7, 11) is 1.49. The monoisotopic (exact) mass is 437 g/mol. The minimum atomic E-state index is -0.620. The standard InChI is InChI=1S/C23H20ClN3O4/c1-14-5-4-6-16(7-14)13-30-22-19(24)10-17(11-20(22)29-3)9-18(12-25)23(28)26-21-8-15(2)31-27-21/h4-11H,13H2,1-3H3,(H,26,27,28). The smallest absolute Gasteiger partial charge is 0.267 e. The molecule has 0 saturated carbocycles. The van der Waals surface area contributed by atoms with Crippen molar-refractivity contribution in [2.45, 2.75) is 20.5 Å². The molecule has 0 fully saturated rings. The Morgan fingerprint density at radius 1 is 1.29 bits per heavy atom. The van der Waals surface area contributed by atoms with E-state index in [0.29, 0.717) is 34.5 Å². The molecular weight excluding hydrogens is 418 g/mol. The highest BCUT2D eigenvalue weighted by molar-refractivity contribution is 6.32. The molecule has 0 radical (unpaired) electrons. The molecule has 0 aliphatic carbocycles. The van der Waals surface area contributed by atoms with Crippen molar-refractivity contribution in [2.24, 2.45) is 0 Å². The Kier molecular flexibility index (Phi) is 6.96. The summed E-state index contributed by atoms with van der Waals surface area (Å²) in [6.45, 7) is 4.02. The molecule has 3 rings (SSSR count). The molecule has 0 atom stereocenters. The zero-order valence-corrected chi connectivity index (χ0v) is 18.0. The SMILES string of the molecule is COc1cc(C=C(C#N)C(=O)Nc2cc(C)on2)cc(Cl)c1OCc1cccc(C)c1. The number of benzene rings is 2. The second-order valence-corrected chi connectivity index (χ2v) is 7.17. The highest BCUT2D eigenvalue weighted by atomic mass is 35.5. The van der Waals surface area contributed by atoms with Gasteiger partial charge in [0.05, 0.1) is 12.1 Å². The Balaban J connectivity index is 1.81. The van der Waals surface area contributed by atoms with Crippen molar-refractivity contribution < 1.29 is 18.8 Å². The van der Waals surface area contributed by atoms with Crippen LogP contribution in [0.3, 0.4) is 0 Å². The number of halogens is 1. The number of amides is 1. The van der Waals surface area contributed by atoms with Gasteiger partial charge in [-0.1, -0.05) is 46.6 Å². The van der Waals surface area contributed by atoms with Crippen molar-refractivity contribution >= 4 is 29.4 Å². The number of nitrogens with zero attached hydrogens (tertiary/aromatic N) is 2. The average molecular weight is 438 g/mol. The van der Waals surface area contributed by atoms with Crippen molar-refractivity contribution in [3.63, 3.8) is 0 Å². The Hall–Kier alpha value is -3.76. The van der Waals surface area contributed by atoms with Crippen molar-refractivity contribution in [2.75, 3.05) is 12.4 Å². The summed E-state index contributed by atoms with van der Waals surface area (Å²) in [5, 5.41) is 15.9. The first kappa shape index (κ1) is 21.9. The fourth-order valence-corrected chi connectivity index (χ4v) is 3.12. The predicted molar refractivity (Wildman–Crippen MR) is 117 cm³/mol. The third kappa shape index (κ3) is 5.65. The minimum absolute atomic E-state index is 0.132. The van der Waals surface area contributed by atoms with Gasteiger partial charge in [0.15, 0.2) is 17.3 Å². The van der Waals surface area contributed by atoms with Crippen LogP contribution in [-0.4, -0.2) is 18.2 Å². The molecule has 0 saturated heterocycles.